The van der Waals surface area contributed by atoms with Crippen molar-refractivity contribution in [3.8, 4) is 5.75 Å². The van der Waals surface area contributed by atoms with Crippen LogP contribution in [-0.4, -0.2) is 73.5 Å². The highest BCUT2D eigenvalue weighted by atomic mass is 32.2. The molecule has 0 unspecified atom stereocenters. The highest BCUT2D eigenvalue weighted by Gasteiger charge is 2.49. The third-order valence-corrected chi connectivity index (χ3v) is 9.21. The SMILES string of the molecule is CC1(C)SCN(C(=O)[C@@H](O)C[C@@H](Cc2ccccc2)C(=O)N[C@H]2c3ccccc3OC[C@H]2O)[C@@H]1C(=O)NCc1ccno1. The second-order valence-corrected chi connectivity index (χ2v) is 12.9. The molecule has 3 aromatic rings. The van der Waals surface area contributed by atoms with Crippen LogP contribution in [0.15, 0.2) is 71.4 Å². The van der Waals surface area contributed by atoms with Crippen LogP contribution in [-0.2, 0) is 27.3 Å². The Labute approximate surface area is 254 Å². The van der Waals surface area contributed by atoms with Crippen LogP contribution in [0, 0.1) is 5.92 Å². The van der Waals surface area contributed by atoms with E-state index in [1.54, 1.807) is 24.3 Å². The second-order valence-electron chi connectivity index (χ2n) is 11.3. The van der Waals surface area contributed by atoms with Gasteiger partial charge in [0.05, 0.1) is 24.7 Å². The molecule has 5 rings (SSSR count). The number of hydrogen-bond acceptors (Lipinski definition) is 9. The molecule has 2 aromatic carbocycles. The molecule has 1 fully saturated rings. The van der Waals surface area contributed by atoms with E-state index in [2.05, 4.69) is 15.8 Å². The molecule has 5 atom stereocenters. The summed E-state index contributed by atoms with van der Waals surface area (Å²) in [5.74, 6) is -0.946. The fourth-order valence-corrected chi connectivity index (χ4v) is 6.69. The lowest BCUT2D eigenvalue weighted by Crippen LogP contribution is -2.55. The maximum Gasteiger partial charge on any atom is 0.252 e. The Morgan fingerprint density at radius 2 is 1.86 bits per heavy atom. The number of carbonyl (C=O) groups is 3. The third-order valence-electron chi connectivity index (χ3n) is 7.84. The zero-order valence-electron chi connectivity index (χ0n) is 24.0. The Morgan fingerprint density at radius 3 is 2.60 bits per heavy atom. The maximum absolute atomic E-state index is 13.7. The van der Waals surface area contributed by atoms with Crippen LogP contribution in [0.1, 0.15) is 43.2 Å². The Bertz CT molecular complexity index is 1420. The number of para-hydroxylation sites is 1. The van der Waals surface area contributed by atoms with Crippen molar-refractivity contribution >= 4 is 29.5 Å². The van der Waals surface area contributed by atoms with Crippen LogP contribution in [0.4, 0.5) is 0 Å². The van der Waals surface area contributed by atoms with E-state index in [-0.39, 0.29) is 37.8 Å². The number of hydrogen-bond donors (Lipinski definition) is 4. The number of thioether (sulfide) groups is 1. The molecule has 228 valence electrons. The summed E-state index contributed by atoms with van der Waals surface area (Å²) in [5.41, 5.74) is 1.51. The fourth-order valence-electron chi connectivity index (χ4n) is 5.55. The summed E-state index contributed by atoms with van der Waals surface area (Å²) in [6.45, 7) is 3.88. The quantitative estimate of drug-likeness (QED) is 0.271. The standard InChI is InChI=1S/C31H36N4O7S/c1-31(2)27(29(39)32-16-21-12-13-33-42-21)35(18-43-31)30(40)23(36)15-20(14-19-8-4-3-5-9-19)28(38)34-26-22-10-6-7-11-25(22)41-17-24(26)37/h3-13,20,23-24,26-27,36-37H,14-18H2,1-2H3,(H,32,39)(H,34,38)/t20-,23+,24-,26+,27-/m1/s1. The van der Waals surface area contributed by atoms with Gasteiger partial charge in [0.1, 0.15) is 30.6 Å². The van der Waals surface area contributed by atoms with Crippen LogP contribution in [0.25, 0.3) is 0 Å². The first-order valence-corrected chi connectivity index (χ1v) is 15.2. The lowest BCUT2D eigenvalue weighted by atomic mass is 9.90. The van der Waals surface area contributed by atoms with E-state index in [1.165, 1.54) is 22.9 Å². The number of aliphatic hydroxyl groups is 2. The van der Waals surface area contributed by atoms with Crippen LogP contribution in [0.5, 0.6) is 5.75 Å². The average Bonchev–Trinajstić information content (AvgIpc) is 3.64. The van der Waals surface area contributed by atoms with Crippen molar-refractivity contribution in [2.24, 2.45) is 5.92 Å². The molecule has 1 saturated heterocycles. The van der Waals surface area contributed by atoms with E-state index < -0.39 is 46.8 Å². The van der Waals surface area contributed by atoms with Gasteiger partial charge in [-0.1, -0.05) is 53.7 Å². The molecule has 3 heterocycles. The number of carbonyl (C=O) groups excluding carboxylic acids is 3. The van der Waals surface area contributed by atoms with Gasteiger partial charge in [0.25, 0.3) is 5.91 Å². The molecular weight excluding hydrogens is 572 g/mol. The van der Waals surface area contributed by atoms with Gasteiger partial charge in [0, 0.05) is 22.3 Å². The summed E-state index contributed by atoms with van der Waals surface area (Å²) < 4.78 is 10.0. The Balaban J connectivity index is 1.32. The number of benzene rings is 2. The molecule has 1 aromatic heterocycles. The van der Waals surface area contributed by atoms with E-state index >= 15 is 0 Å². The van der Waals surface area contributed by atoms with Crippen LogP contribution in [0.3, 0.4) is 0 Å². The topological polar surface area (TPSA) is 154 Å². The summed E-state index contributed by atoms with van der Waals surface area (Å²) in [7, 11) is 0. The average molecular weight is 609 g/mol. The minimum absolute atomic E-state index is 0.0225. The van der Waals surface area contributed by atoms with Gasteiger partial charge < -0.3 is 35.0 Å². The van der Waals surface area contributed by atoms with Crippen molar-refractivity contribution < 1.29 is 33.9 Å². The largest absolute Gasteiger partial charge is 0.490 e. The lowest BCUT2D eigenvalue weighted by Gasteiger charge is -2.33. The van der Waals surface area contributed by atoms with Gasteiger partial charge in [0.2, 0.25) is 11.8 Å². The first-order valence-electron chi connectivity index (χ1n) is 14.2. The number of amides is 3. The van der Waals surface area contributed by atoms with Crippen molar-refractivity contribution in [1.29, 1.82) is 0 Å². The smallest absolute Gasteiger partial charge is 0.252 e. The Kier molecular flexibility index (Phi) is 9.38. The number of aromatic nitrogens is 1. The third kappa shape index (κ3) is 7.03. The summed E-state index contributed by atoms with van der Waals surface area (Å²) in [5, 5.41) is 31.3. The molecule has 43 heavy (non-hydrogen) atoms. The van der Waals surface area contributed by atoms with Crippen LogP contribution < -0.4 is 15.4 Å². The zero-order chi connectivity index (χ0) is 30.6. The molecule has 2 aliphatic rings. The van der Waals surface area contributed by atoms with E-state index in [9.17, 15) is 24.6 Å². The number of rotatable bonds is 10. The van der Waals surface area contributed by atoms with Crippen LogP contribution >= 0.6 is 11.8 Å². The van der Waals surface area contributed by atoms with E-state index in [4.69, 9.17) is 9.26 Å². The van der Waals surface area contributed by atoms with Gasteiger partial charge in [-0.3, -0.25) is 14.4 Å². The van der Waals surface area contributed by atoms with Crippen LogP contribution in [0.2, 0.25) is 0 Å². The number of fused-ring (bicyclic) bond motifs is 1. The van der Waals surface area contributed by atoms with E-state index in [0.717, 1.165) is 5.56 Å². The summed E-state index contributed by atoms with van der Waals surface area (Å²) in [6.07, 6.45) is -0.936. The van der Waals surface area contributed by atoms with Gasteiger partial charge in [-0.25, -0.2) is 0 Å². The Hall–Kier alpha value is -3.87. The molecule has 11 nitrogen and oxygen atoms in total. The number of ether oxygens (including phenoxy) is 1. The zero-order valence-corrected chi connectivity index (χ0v) is 24.8. The van der Waals surface area contributed by atoms with Crippen molar-refractivity contribution in [3.63, 3.8) is 0 Å². The summed E-state index contributed by atoms with van der Waals surface area (Å²) in [4.78, 5) is 42.0. The Morgan fingerprint density at radius 1 is 1.12 bits per heavy atom. The molecule has 12 heteroatoms. The number of aliphatic hydroxyl groups excluding tert-OH is 2. The molecule has 3 amide bonds. The summed E-state index contributed by atoms with van der Waals surface area (Å²) in [6, 6.07) is 16.6. The summed E-state index contributed by atoms with van der Waals surface area (Å²) >= 11 is 1.44. The molecule has 2 aliphatic heterocycles. The molecule has 0 spiro atoms. The minimum atomic E-state index is -1.54. The van der Waals surface area contributed by atoms with Crippen molar-refractivity contribution in [2.75, 3.05) is 12.5 Å². The second kappa shape index (κ2) is 13.2. The van der Waals surface area contributed by atoms with Crippen molar-refractivity contribution in [1.82, 2.24) is 20.7 Å². The number of nitrogens with one attached hydrogen (secondary N) is 2. The van der Waals surface area contributed by atoms with Gasteiger partial charge in [0.15, 0.2) is 5.76 Å². The maximum atomic E-state index is 13.7. The van der Waals surface area contributed by atoms with Gasteiger partial charge in [-0.15, -0.1) is 11.8 Å². The first kappa shape index (κ1) is 30.6. The predicted molar refractivity (Wildman–Crippen MR) is 159 cm³/mol. The van der Waals surface area contributed by atoms with Gasteiger partial charge in [-0.2, -0.15) is 0 Å². The molecule has 4 N–H and O–H groups in total. The molecule has 0 saturated carbocycles. The predicted octanol–water partition coefficient (Wildman–Crippen LogP) is 2.19. The fraction of sp³-hybridized carbons (Fsp3) is 0.419. The normalized spacial score (nSPS) is 22.1. The monoisotopic (exact) mass is 608 g/mol. The van der Waals surface area contributed by atoms with Crippen molar-refractivity contribution in [3.05, 3.63) is 83.7 Å². The lowest BCUT2D eigenvalue weighted by molar-refractivity contribution is -0.147. The van der Waals surface area contributed by atoms with Crippen molar-refractivity contribution in [2.45, 2.75) is 62.3 Å². The highest BCUT2D eigenvalue weighted by Crippen LogP contribution is 2.40. The van der Waals surface area contributed by atoms with Gasteiger partial charge in [-0.05, 0) is 38.3 Å². The van der Waals surface area contributed by atoms with Gasteiger partial charge >= 0.3 is 0 Å². The molecule has 0 aliphatic carbocycles. The van der Waals surface area contributed by atoms with E-state index in [0.29, 0.717) is 17.1 Å². The molecule has 0 radical (unpaired) electrons. The first-order chi connectivity index (χ1) is 20.6. The molecular formula is C31H36N4O7S. The molecule has 0 bridgehead atoms. The highest BCUT2D eigenvalue weighted by molar-refractivity contribution is 8.00. The minimum Gasteiger partial charge on any atom is -0.490 e. The van der Waals surface area contributed by atoms with E-state index in [1.807, 2.05) is 50.2 Å². The number of nitrogens with zero attached hydrogens (tertiary/aromatic N) is 2.